The Morgan fingerprint density at radius 3 is 2.33 bits per heavy atom. The lowest BCUT2D eigenvalue weighted by molar-refractivity contribution is 0.183. The van der Waals surface area contributed by atoms with Crippen molar-refractivity contribution < 1.29 is 23.0 Å². The van der Waals surface area contributed by atoms with Gasteiger partial charge in [0.15, 0.2) is 15.6 Å². The standard InChI is InChI=1S/C30H41NO5S2.ClH/c1-3-5-8-11-27-30(29-26(32)21-25(22-28(29)37-27)38(33,34)20-6-4-2)36-24-14-12-23(13-15-24)35-19-18-31-16-9-7-10-17-31;/h12-15,21-22,32H,3-11,16-20H2,1-2H3;1H. The summed E-state index contributed by atoms with van der Waals surface area (Å²) in [7, 11) is -3.45. The van der Waals surface area contributed by atoms with E-state index in [1.54, 1.807) is 6.07 Å². The van der Waals surface area contributed by atoms with Gasteiger partial charge in [-0.1, -0.05) is 39.5 Å². The highest BCUT2D eigenvalue weighted by atomic mass is 35.5. The van der Waals surface area contributed by atoms with Gasteiger partial charge in [-0.15, -0.1) is 23.7 Å². The second-order valence-corrected chi connectivity index (χ2v) is 13.4. The molecule has 0 saturated carbocycles. The average Bonchev–Trinajstić information content (AvgIpc) is 3.26. The minimum atomic E-state index is -3.45. The van der Waals surface area contributed by atoms with Crippen LogP contribution in [0.3, 0.4) is 0 Å². The molecule has 2 aromatic carbocycles. The molecule has 1 aliphatic heterocycles. The molecule has 1 fully saturated rings. The highest BCUT2D eigenvalue weighted by Gasteiger charge is 2.23. The number of rotatable bonds is 14. The number of piperidine rings is 1. The van der Waals surface area contributed by atoms with E-state index in [0.29, 0.717) is 29.9 Å². The van der Waals surface area contributed by atoms with E-state index in [0.717, 1.165) is 67.1 Å². The topological polar surface area (TPSA) is 76.1 Å². The van der Waals surface area contributed by atoms with Crippen LogP contribution in [0.25, 0.3) is 10.1 Å². The van der Waals surface area contributed by atoms with E-state index >= 15 is 0 Å². The van der Waals surface area contributed by atoms with Gasteiger partial charge in [0.1, 0.15) is 23.9 Å². The number of hydrogen-bond donors (Lipinski definition) is 1. The number of aromatic hydroxyl groups is 1. The first kappa shape index (κ1) is 31.5. The Hall–Kier alpha value is -2.00. The summed E-state index contributed by atoms with van der Waals surface area (Å²) in [6, 6.07) is 10.7. The van der Waals surface area contributed by atoms with Gasteiger partial charge in [-0.2, -0.15) is 0 Å². The van der Waals surface area contributed by atoms with Gasteiger partial charge in [0.2, 0.25) is 0 Å². The summed E-state index contributed by atoms with van der Waals surface area (Å²) in [4.78, 5) is 3.65. The average molecular weight is 596 g/mol. The maximum Gasteiger partial charge on any atom is 0.178 e. The number of benzene rings is 2. The van der Waals surface area contributed by atoms with Gasteiger partial charge in [-0.05, 0) is 81.6 Å². The summed E-state index contributed by atoms with van der Waals surface area (Å²) >= 11 is 1.51. The van der Waals surface area contributed by atoms with Crippen molar-refractivity contribution in [2.24, 2.45) is 0 Å². The SMILES string of the molecule is CCCCCc1sc2cc(S(=O)(=O)CCCC)cc(O)c2c1Oc1ccc(OCCN2CCCCC2)cc1.Cl. The van der Waals surface area contributed by atoms with E-state index in [1.807, 2.05) is 31.2 Å². The van der Waals surface area contributed by atoms with Gasteiger partial charge >= 0.3 is 0 Å². The Morgan fingerprint density at radius 2 is 1.64 bits per heavy atom. The van der Waals surface area contributed by atoms with E-state index < -0.39 is 9.84 Å². The number of phenols is 1. The molecule has 0 atom stereocenters. The molecule has 3 aromatic rings. The first-order chi connectivity index (χ1) is 18.4. The zero-order valence-electron chi connectivity index (χ0n) is 23.1. The first-order valence-electron chi connectivity index (χ1n) is 14.1. The molecule has 0 bridgehead atoms. The number of thiophene rings is 1. The number of likely N-dealkylation sites (tertiary alicyclic amines) is 1. The number of hydrogen-bond acceptors (Lipinski definition) is 7. The second-order valence-electron chi connectivity index (χ2n) is 10.1. The van der Waals surface area contributed by atoms with Crippen molar-refractivity contribution in [1.82, 2.24) is 4.90 Å². The van der Waals surface area contributed by atoms with Crippen molar-refractivity contribution in [1.29, 1.82) is 0 Å². The fraction of sp³-hybridized carbons (Fsp3) is 0.533. The number of fused-ring (bicyclic) bond motifs is 1. The Balaban J connectivity index is 0.00000420. The zero-order valence-corrected chi connectivity index (χ0v) is 25.6. The van der Waals surface area contributed by atoms with Gasteiger partial charge in [-0.3, -0.25) is 4.90 Å². The van der Waals surface area contributed by atoms with Crippen molar-refractivity contribution in [2.45, 2.75) is 76.5 Å². The normalized spacial score (nSPS) is 14.3. The van der Waals surface area contributed by atoms with E-state index in [2.05, 4.69) is 11.8 Å². The van der Waals surface area contributed by atoms with E-state index in [4.69, 9.17) is 9.47 Å². The predicted octanol–water partition coefficient (Wildman–Crippen LogP) is 7.99. The number of sulfone groups is 1. The highest BCUT2D eigenvalue weighted by molar-refractivity contribution is 7.91. The predicted molar refractivity (Wildman–Crippen MR) is 163 cm³/mol. The Bertz CT molecular complexity index is 1280. The molecule has 1 aromatic heterocycles. The minimum absolute atomic E-state index is 0. The summed E-state index contributed by atoms with van der Waals surface area (Å²) < 4.78 is 38.7. The molecule has 6 nitrogen and oxygen atoms in total. The third kappa shape index (κ3) is 8.49. The Labute approximate surface area is 243 Å². The molecule has 2 heterocycles. The van der Waals surface area contributed by atoms with Gasteiger partial charge in [-0.25, -0.2) is 8.42 Å². The third-order valence-corrected chi connectivity index (χ3v) is 10.0. The fourth-order valence-electron chi connectivity index (χ4n) is 4.84. The molecule has 1 saturated heterocycles. The van der Waals surface area contributed by atoms with Crippen molar-refractivity contribution >= 4 is 43.7 Å². The smallest absolute Gasteiger partial charge is 0.178 e. The number of phenolic OH excluding ortho intramolecular Hbond substituents is 1. The van der Waals surface area contributed by atoms with Crippen molar-refractivity contribution in [2.75, 3.05) is 32.0 Å². The maximum absolute atomic E-state index is 12.8. The molecule has 1 N–H and O–H groups in total. The molecule has 4 rings (SSSR count). The fourth-order valence-corrected chi connectivity index (χ4v) is 7.64. The lowest BCUT2D eigenvalue weighted by atomic mass is 10.1. The van der Waals surface area contributed by atoms with Crippen LogP contribution < -0.4 is 9.47 Å². The van der Waals surface area contributed by atoms with Crippen LogP contribution in [0.5, 0.6) is 23.0 Å². The van der Waals surface area contributed by atoms with Crippen LogP contribution in [0.4, 0.5) is 0 Å². The maximum atomic E-state index is 12.8. The summed E-state index contributed by atoms with van der Waals surface area (Å²) in [6.07, 6.45) is 9.29. The zero-order chi connectivity index (χ0) is 27.0. The first-order valence-corrected chi connectivity index (χ1v) is 16.5. The van der Waals surface area contributed by atoms with Crippen molar-refractivity contribution in [3.63, 3.8) is 0 Å². The molecule has 1 aliphatic rings. The van der Waals surface area contributed by atoms with Gasteiger partial charge in [0, 0.05) is 16.1 Å². The number of aryl methyl sites for hydroxylation is 1. The van der Waals surface area contributed by atoms with Crippen LogP contribution in [0, 0.1) is 0 Å². The highest BCUT2D eigenvalue weighted by Crippen LogP contribution is 2.46. The van der Waals surface area contributed by atoms with Crippen LogP contribution in [0.1, 0.15) is 70.1 Å². The van der Waals surface area contributed by atoms with Gasteiger partial charge in [0.25, 0.3) is 0 Å². The van der Waals surface area contributed by atoms with E-state index in [9.17, 15) is 13.5 Å². The molecular weight excluding hydrogens is 554 g/mol. The third-order valence-electron chi connectivity index (χ3n) is 7.07. The summed E-state index contributed by atoms with van der Waals surface area (Å²) in [5.74, 6) is 2.11. The molecule has 216 valence electrons. The lowest BCUT2D eigenvalue weighted by Crippen LogP contribution is -2.33. The second kappa shape index (κ2) is 15.1. The Morgan fingerprint density at radius 1 is 0.949 bits per heavy atom. The molecule has 0 spiro atoms. The molecule has 9 heteroatoms. The summed E-state index contributed by atoms with van der Waals surface area (Å²) in [5.41, 5.74) is 0. The number of ether oxygens (including phenoxy) is 2. The molecule has 0 radical (unpaired) electrons. The van der Waals surface area contributed by atoms with Gasteiger partial charge < -0.3 is 14.6 Å². The molecule has 0 amide bonds. The van der Waals surface area contributed by atoms with E-state index in [-0.39, 0.29) is 28.8 Å². The van der Waals surface area contributed by atoms with Crippen molar-refractivity contribution in [3.8, 4) is 23.0 Å². The summed E-state index contributed by atoms with van der Waals surface area (Å²) in [5, 5.41) is 11.6. The van der Waals surface area contributed by atoms with E-state index in [1.165, 1.54) is 36.7 Å². The molecule has 39 heavy (non-hydrogen) atoms. The van der Waals surface area contributed by atoms with Crippen LogP contribution >= 0.6 is 23.7 Å². The van der Waals surface area contributed by atoms with Crippen LogP contribution in [-0.2, 0) is 16.3 Å². The largest absolute Gasteiger partial charge is 0.507 e. The molecule has 0 unspecified atom stereocenters. The number of halogens is 1. The van der Waals surface area contributed by atoms with Crippen LogP contribution in [0.2, 0.25) is 0 Å². The molecular formula is C30H42ClNO5S2. The minimum Gasteiger partial charge on any atom is -0.507 e. The number of nitrogens with zero attached hydrogens (tertiary/aromatic N) is 1. The summed E-state index contributed by atoms with van der Waals surface area (Å²) in [6.45, 7) is 8.05. The lowest BCUT2D eigenvalue weighted by Gasteiger charge is -2.26. The molecule has 0 aliphatic carbocycles. The van der Waals surface area contributed by atoms with Crippen LogP contribution in [0.15, 0.2) is 41.3 Å². The monoisotopic (exact) mass is 595 g/mol. The quantitative estimate of drug-likeness (QED) is 0.190. The number of unbranched alkanes of at least 4 members (excludes halogenated alkanes) is 3. The van der Waals surface area contributed by atoms with Gasteiger partial charge in [0.05, 0.1) is 16.0 Å². The van der Waals surface area contributed by atoms with Crippen molar-refractivity contribution in [3.05, 3.63) is 41.3 Å². The Kier molecular flexibility index (Phi) is 12.2. The van der Waals surface area contributed by atoms with Crippen LogP contribution in [-0.4, -0.2) is 50.4 Å².